The Labute approximate surface area is 251 Å². The minimum Gasteiger partial charge on any atom is -0.362 e. The van der Waals surface area contributed by atoms with Gasteiger partial charge in [0.15, 0.2) is 0 Å². The smallest absolute Gasteiger partial charge is 0.144 e. The van der Waals surface area contributed by atoms with E-state index in [1.807, 2.05) is 6.07 Å². The van der Waals surface area contributed by atoms with E-state index in [1.165, 1.54) is 49.7 Å². The van der Waals surface area contributed by atoms with Crippen LogP contribution in [-0.4, -0.2) is 29.8 Å². The number of aryl methyl sites for hydroxylation is 1. The number of nitrogens with zero attached hydrogens (tertiary/aromatic N) is 3. The predicted molar refractivity (Wildman–Crippen MR) is 173 cm³/mol. The van der Waals surface area contributed by atoms with E-state index >= 15 is 0 Å². The van der Waals surface area contributed by atoms with Crippen molar-refractivity contribution in [1.82, 2.24) is 9.97 Å². The van der Waals surface area contributed by atoms with Crippen molar-refractivity contribution in [3.05, 3.63) is 102 Å². The lowest BCUT2D eigenvalue weighted by atomic mass is 9.59. The number of rotatable bonds is 11. The number of para-hydroxylation sites is 1. The van der Waals surface area contributed by atoms with E-state index < -0.39 is 0 Å². The number of hydrogen-bond donors (Lipinski definition) is 0. The zero-order valence-electron chi connectivity index (χ0n) is 25.3. The summed E-state index contributed by atoms with van der Waals surface area (Å²) in [6.45, 7) is 0. The Hall–Kier alpha value is -3.53. The fourth-order valence-corrected chi connectivity index (χ4v) is 7.63. The summed E-state index contributed by atoms with van der Waals surface area (Å²) in [6, 6.07) is 29.4. The molecular weight excluding hydrogens is 514 g/mol. The highest BCUT2D eigenvalue weighted by Gasteiger charge is 2.44. The zero-order valence-corrected chi connectivity index (χ0v) is 25.3. The normalized spacial score (nSPS) is 22.8. The first-order valence-corrected chi connectivity index (χ1v) is 16.1. The van der Waals surface area contributed by atoms with Crippen LogP contribution in [0.25, 0.3) is 10.9 Å². The van der Waals surface area contributed by atoms with Crippen LogP contribution in [0.4, 0.5) is 5.82 Å². The number of Topliss-reactive ketones (excluding diaryl/α,β-unsaturated/α-hetero) is 1. The van der Waals surface area contributed by atoms with Crippen LogP contribution in [0.15, 0.2) is 84.9 Å². The van der Waals surface area contributed by atoms with Gasteiger partial charge in [-0.05, 0) is 79.5 Å². The van der Waals surface area contributed by atoms with Gasteiger partial charge in [-0.15, -0.1) is 0 Å². The van der Waals surface area contributed by atoms with Gasteiger partial charge in [0, 0.05) is 37.7 Å². The number of hydrogen-bond acceptors (Lipinski definition) is 4. The molecule has 3 unspecified atom stereocenters. The lowest BCUT2D eigenvalue weighted by Gasteiger charge is -2.45. The van der Waals surface area contributed by atoms with Gasteiger partial charge in [-0.1, -0.05) is 92.1 Å². The lowest BCUT2D eigenvalue weighted by Crippen LogP contribution is -2.41. The highest BCUT2D eigenvalue weighted by molar-refractivity contribution is 5.90. The van der Waals surface area contributed by atoms with Gasteiger partial charge in [0.05, 0.1) is 5.52 Å². The summed E-state index contributed by atoms with van der Waals surface area (Å²) in [6.07, 6.45) is 11.6. The quantitative estimate of drug-likeness (QED) is 0.185. The van der Waals surface area contributed by atoms with Crippen molar-refractivity contribution >= 4 is 22.5 Å². The SMILES string of the molecule is CN(C)c1nc(CCCC2CCC(C3CCC3C(=O)C(Cc3ccccc3)c3ccccc3)CC2)nc2ccccc12. The van der Waals surface area contributed by atoms with Crippen molar-refractivity contribution in [1.29, 1.82) is 0 Å². The molecule has 2 fully saturated rings. The maximum Gasteiger partial charge on any atom is 0.144 e. The molecule has 6 rings (SSSR count). The molecule has 1 aromatic heterocycles. The van der Waals surface area contributed by atoms with Crippen LogP contribution in [0.2, 0.25) is 0 Å². The number of carbonyl (C=O) groups is 1. The average molecular weight is 560 g/mol. The Morgan fingerprint density at radius 3 is 2.19 bits per heavy atom. The maximum atomic E-state index is 14.1. The fraction of sp³-hybridized carbons (Fsp3) is 0.447. The summed E-state index contributed by atoms with van der Waals surface area (Å²) >= 11 is 0. The Balaban J connectivity index is 1.03. The number of anilines is 1. The first kappa shape index (κ1) is 28.6. The monoisotopic (exact) mass is 559 g/mol. The van der Waals surface area contributed by atoms with Crippen molar-refractivity contribution in [2.75, 3.05) is 19.0 Å². The topological polar surface area (TPSA) is 46.1 Å². The molecule has 218 valence electrons. The minimum absolute atomic E-state index is 0.0388. The Morgan fingerprint density at radius 2 is 1.50 bits per heavy atom. The molecule has 0 spiro atoms. The van der Waals surface area contributed by atoms with Crippen LogP contribution in [0.3, 0.4) is 0 Å². The molecule has 2 aliphatic rings. The molecule has 4 heteroatoms. The van der Waals surface area contributed by atoms with Crippen molar-refractivity contribution < 1.29 is 4.79 Å². The van der Waals surface area contributed by atoms with Gasteiger partial charge in [0.25, 0.3) is 0 Å². The van der Waals surface area contributed by atoms with Gasteiger partial charge < -0.3 is 4.90 Å². The van der Waals surface area contributed by atoms with E-state index in [0.717, 1.165) is 54.1 Å². The molecular formula is C38H45N3O. The second kappa shape index (κ2) is 13.2. The molecule has 42 heavy (non-hydrogen) atoms. The molecule has 1 heterocycles. The second-order valence-electron chi connectivity index (χ2n) is 13.0. The summed E-state index contributed by atoms with van der Waals surface area (Å²) in [5.41, 5.74) is 3.46. The zero-order chi connectivity index (χ0) is 28.9. The number of ketones is 1. The van der Waals surface area contributed by atoms with Crippen molar-refractivity contribution in [3.8, 4) is 0 Å². The molecule has 0 aliphatic heterocycles. The number of carbonyl (C=O) groups excluding carboxylic acids is 1. The third kappa shape index (κ3) is 6.43. The summed E-state index contributed by atoms with van der Waals surface area (Å²) in [5, 5.41) is 1.12. The second-order valence-corrected chi connectivity index (χ2v) is 13.0. The molecule has 0 N–H and O–H groups in total. The highest BCUT2D eigenvalue weighted by atomic mass is 16.1. The van der Waals surface area contributed by atoms with Crippen LogP contribution in [0, 0.1) is 23.7 Å². The van der Waals surface area contributed by atoms with Gasteiger partial charge >= 0.3 is 0 Å². The van der Waals surface area contributed by atoms with Gasteiger partial charge in [0.1, 0.15) is 17.4 Å². The van der Waals surface area contributed by atoms with Gasteiger partial charge in [-0.3, -0.25) is 4.79 Å². The summed E-state index contributed by atoms with van der Waals surface area (Å²) < 4.78 is 0. The van der Waals surface area contributed by atoms with E-state index in [9.17, 15) is 4.79 Å². The van der Waals surface area contributed by atoms with E-state index in [0.29, 0.717) is 17.6 Å². The maximum absolute atomic E-state index is 14.1. The molecule has 0 radical (unpaired) electrons. The predicted octanol–water partition coefficient (Wildman–Crippen LogP) is 8.45. The molecule has 3 aromatic carbocycles. The fourth-order valence-electron chi connectivity index (χ4n) is 7.63. The van der Waals surface area contributed by atoms with Crippen molar-refractivity contribution in [2.45, 2.75) is 70.1 Å². The number of benzene rings is 3. The first-order chi connectivity index (χ1) is 20.6. The largest absolute Gasteiger partial charge is 0.362 e. The Kier molecular flexibility index (Phi) is 8.98. The molecule has 0 saturated heterocycles. The van der Waals surface area contributed by atoms with Crippen molar-refractivity contribution in [2.24, 2.45) is 23.7 Å². The first-order valence-electron chi connectivity index (χ1n) is 16.1. The summed E-state index contributed by atoms with van der Waals surface area (Å²) in [7, 11) is 4.12. The molecule has 4 aromatic rings. The van der Waals surface area contributed by atoms with E-state index in [1.54, 1.807) is 0 Å². The lowest BCUT2D eigenvalue weighted by molar-refractivity contribution is -0.131. The number of fused-ring (bicyclic) bond motifs is 1. The summed E-state index contributed by atoms with van der Waals surface area (Å²) in [5.74, 6) is 4.73. The Morgan fingerprint density at radius 1 is 0.810 bits per heavy atom. The van der Waals surface area contributed by atoms with Crippen molar-refractivity contribution in [3.63, 3.8) is 0 Å². The molecule has 0 bridgehead atoms. The van der Waals surface area contributed by atoms with Gasteiger partial charge in [-0.25, -0.2) is 9.97 Å². The van der Waals surface area contributed by atoms with Crippen LogP contribution >= 0.6 is 0 Å². The van der Waals surface area contributed by atoms with Crippen LogP contribution in [0.5, 0.6) is 0 Å². The van der Waals surface area contributed by atoms with Gasteiger partial charge in [-0.2, -0.15) is 0 Å². The minimum atomic E-state index is -0.0388. The number of aromatic nitrogens is 2. The van der Waals surface area contributed by atoms with E-state index in [2.05, 4.69) is 97.9 Å². The Bertz CT molecular complexity index is 1460. The standard InChI is InChI=1S/C38H45N3O/c1-41(2)38-33-17-9-10-18-35(33)39-36(40-38)19-11-14-27-20-22-30(23-21-27)31-24-25-32(31)37(42)34(29-15-7-4-8-16-29)26-28-12-5-3-6-13-28/h3-10,12-13,15-18,27,30-32,34H,11,14,19-26H2,1-2H3. The van der Waals surface area contributed by atoms with E-state index in [-0.39, 0.29) is 11.8 Å². The molecule has 2 saturated carbocycles. The van der Waals surface area contributed by atoms with Crippen LogP contribution in [0.1, 0.15) is 74.2 Å². The third-order valence-corrected chi connectivity index (χ3v) is 10.1. The molecule has 3 atom stereocenters. The summed E-state index contributed by atoms with van der Waals surface area (Å²) in [4.78, 5) is 25.9. The van der Waals surface area contributed by atoms with E-state index in [4.69, 9.17) is 9.97 Å². The van der Waals surface area contributed by atoms with Gasteiger partial charge in [0.2, 0.25) is 0 Å². The average Bonchev–Trinajstić information content (AvgIpc) is 3.00. The third-order valence-electron chi connectivity index (χ3n) is 10.1. The molecule has 2 aliphatic carbocycles. The molecule has 4 nitrogen and oxygen atoms in total. The molecule has 0 amide bonds. The van der Waals surface area contributed by atoms with Crippen LogP contribution in [-0.2, 0) is 17.6 Å². The van der Waals surface area contributed by atoms with Crippen LogP contribution < -0.4 is 4.90 Å². The highest BCUT2D eigenvalue weighted by Crippen LogP contribution is 2.49.